The highest BCUT2D eigenvalue weighted by molar-refractivity contribution is 5.96. The van der Waals surface area contributed by atoms with Crippen LogP contribution in [-0.2, 0) is 6.42 Å². The van der Waals surface area contributed by atoms with Crippen LogP contribution in [0.5, 0.6) is 0 Å². The van der Waals surface area contributed by atoms with Crippen molar-refractivity contribution >= 4 is 11.5 Å². The van der Waals surface area contributed by atoms with Crippen LogP contribution in [0.3, 0.4) is 0 Å². The Balaban J connectivity index is 1.59. The van der Waals surface area contributed by atoms with Gasteiger partial charge in [0.15, 0.2) is 5.78 Å². The van der Waals surface area contributed by atoms with Gasteiger partial charge in [-0.15, -0.1) is 0 Å². The fraction of sp³-hybridized carbons (Fsp3) is 0.632. The molecule has 2 heterocycles. The standard InChI is InChI=1S/C19H28N2O/c1-2-12-21-13-9-16-14-17(4-5-18(16)21)19(22)6-3-15-7-10-20-11-8-15/h4-5,14-15,20H,2-3,6-13H2,1H3. The van der Waals surface area contributed by atoms with Crippen LogP contribution in [0.2, 0.25) is 0 Å². The molecule has 2 aliphatic heterocycles. The van der Waals surface area contributed by atoms with Crippen LogP contribution in [-0.4, -0.2) is 32.0 Å². The summed E-state index contributed by atoms with van der Waals surface area (Å²) in [5.74, 6) is 1.06. The number of hydrogen-bond acceptors (Lipinski definition) is 3. The number of benzene rings is 1. The Bertz CT molecular complexity index is 520. The fourth-order valence-electron chi connectivity index (χ4n) is 3.80. The number of carbonyl (C=O) groups excluding carboxylic acids is 1. The molecule has 0 saturated carbocycles. The molecule has 0 amide bonds. The monoisotopic (exact) mass is 300 g/mol. The minimum atomic E-state index is 0.329. The topological polar surface area (TPSA) is 32.3 Å². The molecule has 0 atom stereocenters. The lowest BCUT2D eigenvalue weighted by Crippen LogP contribution is -2.28. The Morgan fingerprint density at radius 3 is 2.91 bits per heavy atom. The summed E-state index contributed by atoms with van der Waals surface area (Å²) in [6.45, 7) is 6.68. The Labute approximate surface area is 134 Å². The predicted octanol–water partition coefficient (Wildman–Crippen LogP) is 3.42. The number of Topliss-reactive ketones (excluding diaryl/α,β-unsaturated/α-hetero) is 1. The average Bonchev–Trinajstić information content (AvgIpc) is 2.96. The van der Waals surface area contributed by atoms with Gasteiger partial charge in [-0.25, -0.2) is 0 Å². The van der Waals surface area contributed by atoms with Gasteiger partial charge in [-0.1, -0.05) is 6.92 Å². The molecule has 3 heteroatoms. The van der Waals surface area contributed by atoms with Crippen molar-refractivity contribution in [2.75, 3.05) is 31.1 Å². The van der Waals surface area contributed by atoms with Crippen molar-refractivity contribution in [1.29, 1.82) is 0 Å². The second-order valence-electron chi connectivity index (χ2n) is 6.74. The molecule has 3 rings (SSSR count). The third-order valence-corrected chi connectivity index (χ3v) is 5.13. The fourth-order valence-corrected chi connectivity index (χ4v) is 3.80. The smallest absolute Gasteiger partial charge is 0.162 e. The lowest BCUT2D eigenvalue weighted by Gasteiger charge is -2.22. The van der Waals surface area contributed by atoms with E-state index in [0.29, 0.717) is 12.2 Å². The minimum Gasteiger partial charge on any atom is -0.371 e. The van der Waals surface area contributed by atoms with Crippen molar-refractivity contribution in [2.45, 2.75) is 45.4 Å². The first-order valence-corrected chi connectivity index (χ1v) is 8.89. The lowest BCUT2D eigenvalue weighted by atomic mass is 9.91. The molecule has 3 nitrogen and oxygen atoms in total. The predicted molar refractivity (Wildman–Crippen MR) is 91.8 cm³/mol. The lowest BCUT2D eigenvalue weighted by molar-refractivity contribution is 0.0970. The maximum atomic E-state index is 12.5. The number of nitrogens with zero attached hydrogens (tertiary/aromatic N) is 1. The molecule has 1 aromatic carbocycles. The average molecular weight is 300 g/mol. The zero-order valence-corrected chi connectivity index (χ0v) is 13.7. The summed E-state index contributed by atoms with van der Waals surface area (Å²) in [5, 5.41) is 3.39. The van der Waals surface area contributed by atoms with Crippen LogP contribution in [0, 0.1) is 5.92 Å². The molecule has 120 valence electrons. The molecule has 1 aromatic rings. The van der Waals surface area contributed by atoms with Gasteiger partial charge in [0.25, 0.3) is 0 Å². The SMILES string of the molecule is CCCN1CCc2cc(C(=O)CCC3CCNCC3)ccc21. The van der Waals surface area contributed by atoms with Crippen LogP contribution in [0.4, 0.5) is 5.69 Å². The summed E-state index contributed by atoms with van der Waals surface area (Å²) in [5.41, 5.74) is 3.63. The van der Waals surface area contributed by atoms with Crippen molar-refractivity contribution in [1.82, 2.24) is 5.32 Å². The van der Waals surface area contributed by atoms with Crippen LogP contribution < -0.4 is 10.2 Å². The normalized spacial score (nSPS) is 18.5. The van der Waals surface area contributed by atoms with E-state index in [9.17, 15) is 4.79 Å². The number of piperidine rings is 1. The number of ketones is 1. The Morgan fingerprint density at radius 2 is 2.14 bits per heavy atom. The number of fused-ring (bicyclic) bond motifs is 1. The van der Waals surface area contributed by atoms with E-state index in [1.54, 1.807) is 0 Å². The molecular formula is C19H28N2O. The van der Waals surface area contributed by atoms with Gasteiger partial charge in [-0.2, -0.15) is 0 Å². The first-order valence-electron chi connectivity index (χ1n) is 8.89. The van der Waals surface area contributed by atoms with E-state index in [-0.39, 0.29) is 0 Å². The zero-order valence-electron chi connectivity index (χ0n) is 13.7. The Hall–Kier alpha value is -1.35. The maximum Gasteiger partial charge on any atom is 0.162 e. The van der Waals surface area contributed by atoms with Crippen LogP contribution >= 0.6 is 0 Å². The van der Waals surface area contributed by atoms with Gasteiger partial charge >= 0.3 is 0 Å². The van der Waals surface area contributed by atoms with Crippen LogP contribution in [0.1, 0.15) is 54.9 Å². The molecular weight excluding hydrogens is 272 g/mol. The van der Waals surface area contributed by atoms with E-state index in [1.165, 1.54) is 30.5 Å². The summed E-state index contributed by atoms with van der Waals surface area (Å²) in [4.78, 5) is 14.9. The van der Waals surface area contributed by atoms with E-state index in [0.717, 1.165) is 50.5 Å². The van der Waals surface area contributed by atoms with Gasteiger partial charge in [0.1, 0.15) is 0 Å². The third kappa shape index (κ3) is 3.52. The van der Waals surface area contributed by atoms with E-state index in [1.807, 2.05) is 6.07 Å². The number of nitrogens with one attached hydrogen (secondary N) is 1. The summed E-state index contributed by atoms with van der Waals surface area (Å²) < 4.78 is 0. The van der Waals surface area contributed by atoms with Crippen molar-refractivity contribution in [3.05, 3.63) is 29.3 Å². The van der Waals surface area contributed by atoms with Gasteiger partial charge in [0.05, 0.1) is 0 Å². The van der Waals surface area contributed by atoms with E-state index < -0.39 is 0 Å². The third-order valence-electron chi connectivity index (χ3n) is 5.13. The molecule has 0 aliphatic carbocycles. The number of hydrogen-bond donors (Lipinski definition) is 1. The summed E-state index contributed by atoms with van der Waals surface area (Å²) >= 11 is 0. The quantitative estimate of drug-likeness (QED) is 0.817. The molecule has 2 aliphatic rings. The molecule has 0 unspecified atom stereocenters. The molecule has 0 bridgehead atoms. The van der Waals surface area contributed by atoms with Crippen LogP contribution in [0.15, 0.2) is 18.2 Å². The highest BCUT2D eigenvalue weighted by atomic mass is 16.1. The zero-order chi connectivity index (χ0) is 15.4. The maximum absolute atomic E-state index is 12.5. The van der Waals surface area contributed by atoms with Gasteiger partial charge in [-0.3, -0.25) is 4.79 Å². The second kappa shape index (κ2) is 7.28. The van der Waals surface area contributed by atoms with Crippen molar-refractivity contribution in [3.8, 4) is 0 Å². The van der Waals surface area contributed by atoms with Crippen molar-refractivity contribution < 1.29 is 4.79 Å². The van der Waals surface area contributed by atoms with E-state index in [4.69, 9.17) is 0 Å². The van der Waals surface area contributed by atoms with Gasteiger partial charge in [0, 0.05) is 30.8 Å². The van der Waals surface area contributed by atoms with Gasteiger partial charge in [0.2, 0.25) is 0 Å². The molecule has 1 fully saturated rings. The van der Waals surface area contributed by atoms with E-state index >= 15 is 0 Å². The van der Waals surface area contributed by atoms with E-state index in [2.05, 4.69) is 29.3 Å². The number of carbonyl (C=O) groups is 1. The second-order valence-corrected chi connectivity index (χ2v) is 6.74. The van der Waals surface area contributed by atoms with Gasteiger partial charge in [-0.05, 0) is 74.9 Å². The molecule has 0 spiro atoms. The Morgan fingerprint density at radius 1 is 1.32 bits per heavy atom. The summed E-state index contributed by atoms with van der Waals surface area (Å²) in [6.07, 6.45) is 6.48. The van der Waals surface area contributed by atoms with Crippen molar-refractivity contribution in [3.63, 3.8) is 0 Å². The Kier molecular flexibility index (Phi) is 5.14. The first kappa shape index (κ1) is 15.5. The van der Waals surface area contributed by atoms with Gasteiger partial charge < -0.3 is 10.2 Å². The molecule has 0 radical (unpaired) electrons. The molecule has 1 N–H and O–H groups in total. The molecule has 1 saturated heterocycles. The highest BCUT2D eigenvalue weighted by Crippen LogP contribution is 2.29. The number of rotatable bonds is 6. The first-order chi connectivity index (χ1) is 10.8. The summed E-state index contributed by atoms with van der Waals surface area (Å²) in [7, 11) is 0. The highest BCUT2D eigenvalue weighted by Gasteiger charge is 2.20. The minimum absolute atomic E-state index is 0.329. The summed E-state index contributed by atoms with van der Waals surface area (Å²) in [6, 6.07) is 6.35. The molecule has 0 aromatic heterocycles. The van der Waals surface area contributed by atoms with Crippen molar-refractivity contribution in [2.24, 2.45) is 5.92 Å². The van der Waals surface area contributed by atoms with Crippen LogP contribution in [0.25, 0.3) is 0 Å². The number of anilines is 1. The largest absolute Gasteiger partial charge is 0.371 e. The molecule has 22 heavy (non-hydrogen) atoms.